The smallest absolute Gasteiger partial charge is 0.253 e. The van der Waals surface area contributed by atoms with E-state index >= 15 is 0 Å². The number of aliphatic hydroxyl groups is 1. The maximum atomic E-state index is 12.0. The lowest BCUT2D eigenvalue weighted by molar-refractivity contribution is 0.0909. The number of aromatic nitrogens is 1. The minimum Gasteiger partial charge on any atom is -0.376 e. The Morgan fingerprint density at radius 1 is 1.36 bits per heavy atom. The number of thiazole rings is 1. The van der Waals surface area contributed by atoms with Crippen molar-refractivity contribution < 1.29 is 9.90 Å². The third-order valence-corrected chi connectivity index (χ3v) is 4.64. The molecule has 1 heterocycles. The lowest BCUT2D eigenvalue weighted by Crippen LogP contribution is -2.25. The molecule has 2 aromatic carbocycles. The number of fused-ring (bicyclic) bond motifs is 1. The van der Waals surface area contributed by atoms with Crippen LogP contribution in [0.15, 0.2) is 35.8 Å². The number of aliphatic hydroxyl groups excluding tert-OH is 1. The summed E-state index contributed by atoms with van der Waals surface area (Å²) in [5.74, 6) is -0.326. The lowest BCUT2D eigenvalue weighted by Gasteiger charge is -2.13. The maximum absolute atomic E-state index is 12.0. The van der Waals surface area contributed by atoms with Crippen LogP contribution in [0.3, 0.4) is 0 Å². The van der Waals surface area contributed by atoms with Gasteiger partial charge in [0.15, 0.2) is 0 Å². The molecule has 0 unspecified atom stereocenters. The topological polar surface area (TPSA) is 62.2 Å². The number of hydrogen-bond donors (Lipinski definition) is 2. The summed E-state index contributed by atoms with van der Waals surface area (Å²) in [6, 6.07) is 9.30. The van der Waals surface area contributed by atoms with Gasteiger partial charge >= 0.3 is 0 Å². The van der Waals surface area contributed by atoms with Gasteiger partial charge in [0.2, 0.25) is 0 Å². The SMILES string of the molecule is Cc1c(C(=O)NCO)ccc(Cl)c1-c1ccc2scnc2c1. The van der Waals surface area contributed by atoms with Gasteiger partial charge in [0, 0.05) is 16.1 Å². The Kier molecular flexibility index (Phi) is 4.11. The van der Waals surface area contributed by atoms with Crippen molar-refractivity contribution in [2.24, 2.45) is 0 Å². The fourth-order valence-electron chi connectivity index (χ4n) is 2.46. The highest BCUT2D eigenvalue weighted by molar-refractivity contribution is 7.16. The Labute approximate surface area is 136 Å². The first-order chi connectivity index (χ1) is 10.6. The van der Waals surface area contributed by atoms with Crippen LogP contribution in [0.5, 0.6) is 0 Å². The monoisotopic (exact) mass is 332 g/mol. The molecule has 22 heavy (non-hydrogen) atoms. The molecule has 3 rings (SSSR count). The number of halogens is 1. The van der Waals surface area contributed by atoms with E-state index in [4.69, 9.17) is 16.7 Å². The minimum absolute atomic E-state index is 0.326. The number of amides is 1. The number of benzene rings is 2. The van der Waals surface area contributed by atoms with Gasteiger partial charge < -0.3 is 10.4 Å². The van der Waals surface area contributed by atoms with Crippen molar-refractivity contribution >= 4 is 39.1 Å². The van der Waals surface area contributed by atoms with Gasteiger partial charge in [-0.3, -0.25) is 4.79 Å². The van der Waals surface area contributed by atoms with Crippen LogP contribution in [0.4, 0.5) is 0 Å². The van der Waals surface area contributed by atoms with E-state index in [-0.39, 0.29) is 5.91 Å². The molecule has 6 heteroatoms. The van der Waals surface area contributed by atoms with E-state index in [0.717, 1.165) is 26.9 Å². The molecule has 0 spiro atoms. The van der Waals surface area contributed by atoms with Crippen LogP contribution < -0.4 is 5.32 Å². The van der Waals surface area contributed by atoms with Crippen LogP contribution in [0.1, 0.15) is 15.9 Å². The van der Waals surface area contributed by atoms with Crippen molar-refractivity contribution in [3.05, 3.63) is 52.0 Å². The van der Waals surface area contributed by atoms with Crippen LogP contribution in [-0.4, -0.2) is 22.7 Å². The summed E-state index contributed by atoms with van der Waals surface area (Å²) in [7, 11) is 0. The summed E-state index contributed by atoms with van der Waals surface area (Å²) in [5.41, 5.74) is 5.69. The summed E-state index contributed by atoms with van der Waals surface area (Å²) in [6.45, 7) is 1.44. The fourth-order valence-corrected chi connectivity index (χ4v) is 3.43. The van der Waals surface area contributed by atoms with E-state index in [2.05, 4.69) is 10.3 Å². The molecule has 3 aromatic rings. The Hall–Kier alpha value is -1.95. The summed E-state index contributed by atoms with van der Waals surface area (Å²) >= 11 is 7.92. The van der Waals surface area contributed by atoms with Crippen molar-refractivity contribution in [3.8, 4) is 11.1 Å². The number of carbonyl (C=O) groups excluding carboxylic acids is 1. The summed E-state index contributed by atoms with van der Waals surface area (Å²) < 4.78 is 1.10. The second-order valence-electron chi connectivity index (χ2n) is 4.79. The Morgan fingerprint density at radius 2 is 2.18 bits per heavy atom. The average molecular weight is 333 g/mol. The van der Waals surface area contributed by atoms with Crippen LogP contribution in [0.25, 0.3) is 21.3 Å². The lowest BCUT2D eigenvalue weighted by atomic mass is 9.95. The predicted molar refractivity (Wildman–Crippen MR) is 89.4 cm³/mol. The first-order valence-corrected chi connectivity index (χ1v) is 7.89. The molecule has 112 valence electrons. The molecule has 2 N–H and O–H groups in total. The van der Waals surface area contributed by atoms with E-state index in [0.29, 0.717) is 10.6 Å². The van der Waals surface area contributed by atoms with Crippen molar-refractivity contribution in [1.29, 1.82) is 0 Å². The zero-order valence-corrected chi connectivity index (χ0v) is 13.3. The Balaban J connectivity index is 2.16. The molecule has 1 amide bonds. The summed E-state index contributed by atoms with van der Waals surface area (Å²) in [5, 5.41) is 11.8. The normalized spacial score (nSPS) is 10.9. The molecular weight excluding hydrogens is 320 g/mol. The molecule has 4 nitrogen and oxygen atoms in total. The number of rotatable bonds is 3. The zero-order chi connectivity index (χ0) is 15.7. The first-order valence-electron chi connectivity index (χ1n) is 6.63. The van der Waals surface area contributed by atoms with Gasteiger partial charge in [-0.25, -0.2) is 4.98 Å². The fraction of sp³-hybridized carbons (Fsp3) is 0.125. The highest BCUT2D eigenvalue weighted by Crippen LogP contribution is 2.35. The molecule has 0 saturated heterocycles. The van der Waals surface area contributed by atoms with E-state index in [1.54, 1.807) is 29.0 Å². The number of nitrogens with zero attached hydrogens (tertiary/aromatic N) is 1. The van der Waals surface area contributed by atoms with E-state index in [1.165, 1.54) is 0 Å². The zero-order valence-electron chi connectivity index (χ0n) is 11.8. The van der Waals surface area contributed by atoms with E-state index < -0.39 is 6.73 Å². The molecule has 0 fully saturated rings. The van der Waals surface area contributed by atoms with Gasteiger partial charge in [0.1, 0.15) is 6.73 Å². The van der Waals surface area contributed by atoms with Gasteiger partial charge in [-0.1, -0.05) is 17.7 Å². The van der Waals surface area contributed by atoms with Gasteiger partial charge in [0.05, 0.1) is 15.7 Å². The van der Waals surface area contributed by atoms with Crippen LogP contribution >= 0.6 is 22.9 Å². The Bertz CT molecular complexity index is 860. The van der Waals surface area contributed by atoms with Crippen LogP contribution in [0, 0.1) is 6.92 Å². The van der Waals surface area contributed by atoms with Crippen LogP contribution in [0.2, 0.25) is 5.02 Å². The highest BCUT2D eigenvalue weighted by atomic mass is 35.5. The van der Waals surface area contributed by atoms with Crippen LogP contribution in [-0.2, 0) is 0 Å². The summed E-state index contributed by atoms with van der Waals surface area (Å²) in [4.78, 5) is 16.3. The third kappa shape index (κ3) is 2.59. The van der Waals surface area contributed by atoms with Crippen molar-refractivity contribution in [2.45, 2.75) is 6.92 Å². The molecule has 0 aliphatic carbocycles. The number of nitrogens with one attached hydrogen (secondary N) is 1. The van der Waals surface area contributed by atoms with Crippen molar-refractivity contribution in [2.75, 3.05) is 6.73 Å². The van der Waals surface area contributed by atoms with E-state index in [1.807, 2.05) is 25.1 Å². The van der Waals surface area contributed by atoms with Gasteiger partial charge in [-0.15, -0.1) is 11.3 Å². The second kappa shape index (κ2) is 6.04. The predicted octanol–water partition coefficient (Wildman–Crippen LogP) is 3.60. The molecule has 0 saturated carbocycles. The molecule has 0 radical (unpaired) electrons. The quantitative estimate of drug-likeness (QED) is 0.720. The number of carbonyl (C=O) groups is 1. The molecule has 1 aromatic heterocycles. The van der Waals surface area contributed by atoms with Gasteiger partial charge in [0.25, 0.3) is 5.91 Å². The highest BCUT2D eigenvalue weighted by Gasteiger charge is 2.16. The molecule has 0 aliphatic heterocycles. The standard InChI is InChI=1S/C16H13ClN2O2S/c1-9-11(16(21)18-7-20)3-4-12(17)15(9)10-2-5-14-13(6-10)19-8-22-14/h2-6,8,20H,7H2,1H3,(H,18,21). The molecular formula is C16H13ClN2O2S. The minimum atomic E-state index is -0.402. The Morgan fingerprint density at radius 3 is 2.95 bits per heavy atom. The first kappa shape index (κ1) is 15.0. The third-order valence-electron chi connectivity index (χ3n) is 3.52. The number of hydrogen-bond acceptors (Lipinski definition) is 4. The van der Waals surface area contributed by atoms with Crippen molar-refractivity contribution in [3.63, 3.8) is 0 Å². The maximum Gasteiger partial charge on any atom is 0.253 e. The van der Waals surface area contributed by atoms with Gasteiger partial charge in [-0.2, -0.15) is 0 Å². The largest absolute Gasteiger partial charge is 0.376 e. The summed E-state index contributed by atoms with van der Waals surface area (Å²) in [6.07, 6.45) is 0. The van der Waals surface area contributed by atoms with E-state index in [9.17, 15) is 4.79 Å². The van der Waals surface area contributed by atoms with Gasteiger partial charge in [-0.05, 0) is 42.3 Å². The van der Waals surface area contributed by atoms with Crippen molar-refractivity contribution in [1.82, 2.24) is 10.3 Å². The molecule has 0 aliphatic rings. The average Bonchev–Trinajstić information content (AvgIpc) is 2.95. The second-order valence-corrected chi connectivity index (χ2v) is 6.09. The molecule has 0 atom stereocenters. The molecule has 0 bridgehead atoms.